The van der Waals surface area contributed by atoms with E-state index in [2.05, 4.69) is 10.2 Å². The molecule has 1 N–H and O–H groups in total. The quantitative estimate of drug-likeness (QED) is 0.736. The molecule has 0 saturated carbocycles. The summed E-state index contributed by atoms with van der Waals surface area (Å²) < 4.78 is 9.61. The van der Waals surface area contributed by atoms with Gasteiger partial charge in [0.05, 0.1) is 13.1 Å². The van der Waals surface area contributed by atoms with Crippen LogP contribution < -0.4 is 5.69 Å². The molecule has 4 heterocycles. The van der Waals surface area contributed by atoms with Crippen molar-refractivity contribution in [2.24, 2.45) is 0 Å². The summed E-state index contributed by atoms with van der Waals surface area (Å²) in [7, 11) is 0. The van der Waals surface area contributed by atoms with Crippen molar-refractivity contribution in [2.75, 3.05) is 13.1 Å². The van der Waals surface area contributed by atoms with Gasteiger partial charge in [-0.25, -0.2) is 9.89 Å². The molecule has 1 spiro atoms. The number of fused-ring (bicyclic) bond motifs is 2. The van der Waals surface area contributed by atoms with E-state index in [9.17, 15) is 9.59 Å². The summed E-state index contributed by atoms with van der Waals surface area (Å²) in [5.41, 5.74) is 0.347. The highest BCUT2D eigenvalue weighted by atomic mass is 16.5. The summed E-state index contributed by atoms with van der Waals surface area (Å²) in [5.74, 6) is 0.682. The van der Waals surface area contributed by atoms with Crippen molar-refractivity contribution in [1.82, 2.24) is 24.2 Å². The number of rotatable bonds is 2. The first-order valence-corrected chi connectivity index (χ1v) is 8.73. The maximum absolute atomic E-state index is 12.8. The first kappa shape index (κ1) is 15.4. The molecule has 3 aromatic rings. The molecule has 134 valence electrons. The van der Waals surface area contributed by atoms with Crippen LogP contribution in [0.4, 0.5) is 0 Å². The van der Waals surface area contributed by atoms with E-state index in [0.717, 1.165) is 17.3 Å². The van der Waals surface area contributed by atoms with Crippen molar-refractivity contribution in [1.29, 1.82) is 0 Å². The topological polar surface area (TPSA) is 85.2 Å². The number of benzene rings is 1. The second-order valence-corrected chi connectivity index (χ2v) is 7.07. The van der Waals surface area contributed by atoms with Crippen molar-refractivity contribution in [3.63, 3.8) is 0 Å². The Hall–Kier alpha value is -2.87. The van der Waals surface area contributed by atoms with Crippen LogP contribution in [0, 0.1) is 0 Å². The zero-order valence-electron chi connectivity index (χ0n) is 14.2. The highest BCUT2D eigenvalue weighted by molar-refractivity contribution is 5.83. The number of ether oxygens (including phenoxy) is 1. The molecule has 0 aliphatic carbocycles. The predicted octanol–water partition coefficient (Wildman–Crippen LogP) is 0.728. The van der Waals surface area contributed by atoms with Gasteiger partial charge in [0, 0.05) is 18.3 Å². The number of amides is 1. The minimum atomic E-state index is -0.491. The predicted molar refractivity (Wildman–Crippen MR) is 93.5 cm³/mol. The largest absolute Gasteiger partial charge is 0.363 e. The number of carbonyl (C=O) groups excluding carboxylic acids is 1. The Bertz CT molecular complexity index is 1050. The average molecular weight is 353 g/mol. The van der Waals surface area contributed by atoms with E-state index in [0.29, 0.717) is 38.6 Å². The lowest BCUT2D eigenvalue weighted by molar-refractivity contribution is -0.133. The molecule has 5 rings (SSSR count). The molecular formula is C18H19N5O3. The van der Waals surface area contributed by atoms with Crippen molar-refractivity contribution in [3.8, 4) is 0 Å². The van der Waals surface area contributed by atoms with Gasteiger partial charge in [0.25, 0.3) is 0 Å². The van der Waals surface area contributed by atoms with Crippen LogP contribution in [0.15, 0.2) is 41.3 Å². The maximum atomic E-state index is 12.8. The summed E-state index contributed by atoms with van der Waals surface area (Å²) in [5, 5.41) is 7.55. The van der Waals surface area contributed by atoms with Crippen LogP contribution >= 0.6 is 0 Å². The average Bonchev–Trinajstić information content (AvgIpc) is 3.35. The van der Waals surface area contributed by atoms with Gasteiger partial charge in [0.15, 0.2) is 5.82 Å². The number of aromatic amines is 1. The molecule has 1 amide bonds. The summed E-state index contributed by atoms with van der Waals surface area (Å²) in [6, 6.07) is 10.0. The van der Waals surface area contributed by atoms with Gasteiger partial charge in [-0.2, -0.15) is 5.10 Å². The Morgan fingerprint density at radius 1 is 1.27 bits per heavy atom. The van der Waals surface area contributed by atoms with Crippen LogP contribution in [0.5, 0.6) is 0 Å². The summed E-state index contributed by atoms with van der Waals surface area (Å²) in [6.07, 6.45) is 2.67. The Morgan fingerprint density at radius 2 is 2.15 bits per heavy atom. The summed E-state index contributed by atoms with van der Waals surface area (Å²) in [4.78, 5) is 26.5. The third kappa shape index (κ3) is 2.37. The third-order valence-corrected chi connectivity index (χ3v) is 5.45. The van der Waals surface area contributed by atoms with Crippen molar-refractivity contribution in [2.45, 2.75) is 31.7 Å². The first-order valence-electron chi connectivity index (χ1n) is 8.73. The maximum Gasteiger partial charge on any atom is 0.343 e. The second kappa shape index (κ2) is 5.57. The number of likely N-dealkylation sites (tertiary alicyclic amines) is 1. The van der Waals surface area contributed by atoms with E-state index in [1.807, 2.05) is 46.0 Å². The normalized spacial score (nSPS) is 22.2. The van der Waals surface area contributed by atoms with Gasteiger partial charge in [-0.15, -0.1) is 0 Å². The first-order chi connectivity index (χ1) is 12.6. The highest BCUT2D eigenvalue weighted by Gasteiger charge is 2.44. The molecule has 1 aromatic carbocycles. The monoisotopic (exact) mass is 353 g/mol. The van der Waals surface area contributed by atoms with Gasteiger partial charge in [0.2, 0.25) is 5.91 Å². The van der Waals surface area contributed by atoms with Crippen LogP contribution in [0.1, 0.15) is 12.2 Å². The van der Waals surface area contributed by atoms with Crippen molar-refractivity contribution >= 4 is 16.8 Å². The van der Waals surface area contributed by atoms with Crippen molar-refractivity contribution in [3.05, 3.63) is 52.8 Å². The number of hydrogen-bond acceptors (Lipinski definition) is 4. The fourth-order valence-electron chi connectivity index (χ4n) is 4.00. The second-order valence-electron chi connectivity index (χ2n) is 7.07. The minimum Gasteiger partial charge on any atom is -0.363 e. The van der Waals surface area contributed by atoms with Gasteiger partial charge in [-0.3, -0.25) is 9.36 Å². The molecule has 8 nitrogen and oxygen atoms in total. The lowest BCUT2D eigenvalue weighted by Gasteiger charge is -2.33. The molecular weight excluding hydrogens is 334 g/mol. The molecule has 0 radical (unpaired) electrons. The molecule has 1 unspecified atom stereocenters. The molecule has 0 bridgehead atoms. The Labute approximate surface area is 149 Å². The van der Waals surface area contributed by atoms with Gasteiger partial charge >= 0.3 is 5.69 Å². The van der Waals surface area contributed by atoms with E-state index in [1.54, 1.807) is 4.57 Å². The number of H-pyrrole nitrogens is 1. The minimum absolute atomic E-state index is 0.0668. The Kier molecular flexibility index (Phi) is 3.30. The number of nitrogens with zero attached hydrogens (tertiary/aromatic N) is 4. The van der Waals surface area contributed by atoms with Gasteiger partial charge < -0.3 is 14.2 Å². The van der Waals surface area contributed by atoms with Crippen LogP contribution in [0.2, 0.25) is 0 Å². The Balaban J connectivity index is 1.32. The third-order valence-electron chi connectivity index (χ3n) is 5.45. The molecule has 2 aromatic heterocycles. The molecule has 1 atom stereocenters. The van der Waals surface area contributed by atoms with E-state index in [1.165, 1.54) is 0 Å². The Morgan fingerprint density at radius 3 is 3.08 bits per heavy atom. The SMILES string of the molecule is O=C(Cn1ccc2ccccc21)N1CCC2(C1)Cn1c(n[nH]c1=O)CO2. The molecule has 1 saturated heterocycles. The zero-order chi connectivity index (χ0) is 17.7. The zero-order valence-corrected chi connectivity index (χ0v) is 14.2. The van der Waals surface area contributed by atoms with Gasteiger partial charge in [-0.05, 0) is 23.9 Å². The van der Waals surface area contributed by atoms with Gasteiger partial charge in [-0.1, -0.05) is 18.2 Å². The summed E-state index contributed by atoms with van der Waals surface area (Å²) >= 11 is 0. The van der Waals surface area contributed by atoms with E-state index in [-0.39, 0.29) is 11.6 Å². The lowest BCUT2D eigenvalue weighted by Crippen LogP contribution is -2.47. The number of para-hydroxylation sites is 1. The molecule has 2 aliphatic rings. The van der Waals surface area contributed by atoms with Crippen molar-refractivity contribution < 1.29 is 9.53 Å². The molecule has 26 heavy (non-hydrogen) atoms. The number of carbonyl (C=O) groups is 1. The number of hydrogen-bond donors (Lipinski definition) is 1. The van der Waals surface area contributed by atoms with Crippen LogP contribution in [-0.2, 0) is 29.2 Å². The highest BCUT2D eigenvalue weighted by Crippen LogP contribution is 2.31. The van der Waals surface area contributed by atoms with Crippen LogP contribution in [0.25, 0.3) is 10.9 Å². The standard InChI is InChI=1S/C18H19N5O3/c24-16(9-21-7-5-13-3-1-2-4-14(13)21)22-8-6-18(11-22)12-23-15(10-26-18)19-20-17(23)25/h1-5,7H,6,8-12H2,(H,20,25). The molecule has 1 fully saturated rings. The van der Waals surface area contributed by atoms with E-state index in [4.69, 9.17) is 4.74 Å². The molecule has 8 heteroatoms. The van der Waals surface area contributed by atoms with Gasteiger partial charge in [0.1, 0.15) is 18.8 Å². The fraction of sp³-hybridized carbons (Fsp3) is 0.389. The smallest absolute Gasteiger partial charge is 0.343 e. The number of aromatic nitrogens is 4. The molecule has 2 aliphatic heterocycles. The lowest BCUT2D eigenvalue weighted by atomic mass is 10.0. The fourth-order valence-corrected chi connectivity index (χ4v) is 4.00. The van der Waals surface area contributed by atoms with E-state index >= 15 is 0 Å². The number of nitrogens with one attached hydrogen (secondary N) is 1. The van der Waals surface area contributed by atoms with Crippen LogP contribution in [-0.4, -0.2) is 48.8 Å². The summed E-state index contributed by atoms with van der Waals surface area (Å²) in [6.45, 7) is 2.18. The van der Waals surface area contributed by atoms with Crippen LogP contribution in [0.3, 0.4) is 0 Å². The van der Waals surface area contributed by atoms with E-state index < -0.39 is 5.60 Å².